The Morgan fingerprint density at radius 1 is 0.359 bits per heavy atom. The SMILES string of the molecule is CCCCCCCCCC/C=C\CCCCCCCCCCCCCCCCCCCC(=O)NC(CO)C(O)/C=C/CC/C=C/CC/C=C/CCCCCCCCCCCCCCC. The maximum Gasteiger partial charge on any atom is 0.220 e. The Kier molecular flexibility index (Phi) is 54.2. The Morgan fingerprint density at radius 3 is 0.906 bits per heavy atom. The van der Waals surface area contributed by atoms with E-state index in [0.29, 0.717) is 6.42 Å². The molecule has 3 N–H and O–H groups in total. The largest absolute Gasteiger partial charge is 0.394 e. The van der Waals surface area contributed by atoms with E-state index in [4.69, 9.17) is 0 Å². The van der Waals surface area contributed by atoms with Gasteiger partial charge in [0.15, 0.2) is 0 Å². The topological polar surface area (TPSA) is 69.6 Å². The van der Waals surface area contributed by atoms with E-state index in [2.05, 4.69) is 55.6 Å². The molecule has 0 fully saturated rings. The first-order valence-corrected chi connectivity index (χ1v) is 28.9. The van der Waals surface area contributed by atoms with E-state index in [1.165, 1.54) is 250 Å². The fourth-order valence-corrected chi connectivity index (χ4v) is 8.86. The number of aliphatic hydroxyl groups is 2. The zero-order valence-corrected chi connectivity index (χ0v) is 43.3. The Hall–Kier alpha value is -1.65. The first kappa shape index (κ1) is 62.4. The number of hydrogen-bond donors (Lipinski definition) is 3. The number of hydrogen-bond acceptors (Lipinski definition) is 3. The minimum absolute atomic E-state index is 0.0736. The first-order chi connectivity index (χ1) is 31.7. The molecule has 64 heavy (non-hydrogen) atoms. The van der Waals surface area contributed by atoms with Crippen molar-refractivity contribution in [3.63, 3.8) is 0 Å². The maximum atomic E-state index is 12.5. The van der Waals surface area contributed by atoms with Gasteiger partial charge in [-0.15, -0.1) is 0 Å². The lowest BCUT2D eigenvalue weighted by molar-refractivity contribution is -0.123. The molecule has 1 amide bonds. The molecule has 0 heterocycles. The molecule has 0 aromatic rings. The van der Waals surface area contributed by atoms with Crippen LogP contribution in [-0.4, -0.2) is 34.9 Å². The average Bonchev–Trinajstić information content (AvgIpc) is 3.30. The van der Waals surface area contributed by atoms with Crippen molar-refractivity contribution in [3.8, 4) is 0 Å². The highest BCUT2D eigenvalue weighted by molar-refractivity contribution is 5.76. The van der Waals surface area contributed by atoms with Gasteiger partial charge in [0.1, 0.15) is 0 Å². The zero-order valence-electron chi connectivity index (χ0n) is 43.3. The summed E-state index contributed by atoms with van der Waals surface area (Å²) in [5, 5.41) is 23.1. The second kappa shape index (κ2) is 55.7. The Morgan fingerprint density at radius 2 is 0.609 bits per heavy atom. The molecule has 0 bridgehead atoms. The lowest BCUT2D eigenvalue weighted by atomic mass is 10.0. The van der Waals surface area contributed by atoms with E-state index < -0.39 is 12.1 Å². The highest BCUT2D eigenvalue weighted by Crippen LogP contribution is 2.17. The van der Waals surface area contributed by atoms with Gasteiger partial charge in [-0.25, -0.2) is 0 Å². The molecule has 0 aromatic heterocycles. The number of unbranched alkanes of at least 4 members (excludes halogenated alkanes) is 40. The van der Waals surface area contributed by atoms with E-state index in [0.717, 1.165) is 38.5 Å². The summed E-state index contributed by atoms with van der Waals surface area (Å²) in [4.78, 5) is 12.5. The van der Waals surface area contributed by atoms with Crippen molar-refractivity contribution in [2.24, 2.45) is 0 Å². The predicted molar refractivity (Wildman–Crippen MR) is 285 cm³/mol. The molecular formula is C60H113NO3. The maximum absolute atomic E-state index is 12.5. The van der Waals surface area contributed by atoms with E-state index in [1.54, 1.807) is 6.08 Å². The Bertz CT molecular complexity index is 1020. The van der Waals surface area contributed by atoms with Crippen LogP contribution in [0.4, 0.5) is 0 Å². The predicted octanol–water partition coefficient (Wildman–Crippen LogP) is 19.0. The second-order valence-electron chi connectivity index (χ2n) is 19.7. The van der Waals surface area contributed by atoms with Crippen molar-refractivity contribution >= 4 is 5.91 Å². The van der Waals surface area contributed by atoms with Gasteiger partial charge in [-0.1, -0.05) is 281 Å². The molecule has 4 heteroatoms. The summed E-state index contributed by atoms with van der Waals surface area (Å²) in [6.07, 6.45) is 77.1. The van der Waals surface area contributed by atoms with Crippen molar-refractivity contribution in [3.05, 3.63) is 48.6 Å². The lowest BCUT2D eigenvalue weighted by Gasteiger charge is -2.19. The van der Waals surface area contributed by atoms with E-state index in [9.17, 15) is 15.0 Å². The van der Waals surface area contributed by atoms with Gasteiger partial charge < -0.3 is 15.5 Å². The minimum Gasteiger partial charge on any atom is -0.394 e. The molecular weight excluding hydrogens is 783 g/mol. The zero-order chi connectivity index (χ0) is 46.3. The fraction of sp³-hybridized carbons (Fsp3) is 0.850. The van der Waals surface area contributed by atoms with Gasteiger partial charge in [0.25, 0.3) is 0 Å². The van der Waals surface area contributed by atoms with Crippen molar-refractivity contribution < 1.29 is 15.0 Å². The molecule has 0 saturated carbocycles. The van der Waals surface area contributed by atoms with Crippen LogP contribution >= 0.6 is 0 Å². The number of carbonyl (C=O) groups is 1. The van der Waals surface area contributed by atoms with Gasteiger partial charge in [0.2, 0.25) is 5.91 Å². The molecule has 0 rings (SSSR count). The van der Waals surface area contributed by atoms with Gasteiger partial charge in [0, 0.05) is 6.42 Å². The summed E-state index contributed by atoms with van der Waals surface area (Å²) in [7, 11) is 0. The number of amides is 1. The van der Waals surface area contributed by atoms with Crippen LogP contribution in [0.3, 0.4) is 0 Å². The van der Waals surface area contributed by atoms with Gasteiger partial charge >= 0.3 is 0 Å². The number of nitrogens with one attached hydrogen (secondary N) is 1. The summed E-state index contributed by atoms with van der Waals surface area (Å²) in [5.41, 5.74) is 0. The van der Waals surface area contributed by atoms with Crippen LogP contribution in [0.5, 0.6) is 0 Å². The first-order valence-electron chi connectivity index (χ1n) is 28.9. The number of carbonyl (C=O) groups excluding carboxylic acids is 1. The molecule has 2 unspecified atom stereocenters. The number of rotatable bonds is 53. The Balaban J connectivity index is 3.52. The minimum atomic E-state index is -0.871. The van der Waals surface area contributed by atoms with Crippen LogP contribution < -0.4 is 5.32 Å². The summed E-state index contributed by atoms with van der Waals surface area (Å²) in [6, 6.07) is -0.646. The summed E-state index contributed by atoms with van der Waals surface area (Å²) in [6.45, 7) is 4.32. The van der Waals surface area contributed by atoms with Gasteiger partial charge in [-0.3, -0.25) is 4.79 Å². The molecule has 0 aromatic carbocycles. The highest BCUT2D eigenvalue weighted by Gasteiger charge is 2.18. The summed E-state index contributed by atoms with van der Waals surface area (Å²) < 4.78 is 0. The molecule has 0 aliphatic rings. The monoisotopic (exact) mass is 896 g/mol. The van der Waals surface area contributed by atoms with Crippen LogP contribution in [0, 0.1) is 0 Å². The third kappa shape index (κ3) is 51.3. The fourth-order valence-electron chi connectivity index (χ4n) is 8.86. The molecule has 376 valence electrons. The summed E-state index contributed by atoms with van der Waals surface area (Å²) >= 11 is 0. The second-order valence-corrected chi connectivity index (χ2v) is 19.7. The molecule has 0 radical (unpaired) electrons. The van der Waals surface area contributed by atoms with Crippen molar-refractivity contribution in [2.45, 2.75) is 321 Å². The van der Waals surface area contributed by atoms with Gasteiger partial charge in [-0.2, -0.15) is 0 Å². The van der Waals surface area contributed by atoms with Gasteiger partial charge in [0.05, 0.1) is 18.8 Å². The molecule has 0 aliphatic carbocycles. The number of aliphatic hydroxyl groups excluding tert-OH is 2. The standard InChI is InChI=1S/C60H113NO3/c1-3-5-7-9-11-13-15-17-19-21-23-25-27-28-29-30-31-32-34-36-38-40-42-44-46-48-50-52-54-56-60(64)61-58(57-62)59(63)55-53-51-49-47-45-43-41-39-37-35-33-26-24-22-20-18-16-14-12-10-8-6-4-2/h21,23,37,39,45,47,53,55,58-59,62-63H,3-20,22,24-36,38,40-44,46,48-52,54,56-57H2,1-2H3,(H,61,64)/b23-21-,39-37+,47-45+,55-53+. The lowest BCUT2D eigenvalue weighted by Crippen LogP contribution is -2.45. The van der Waals surface area contributed by atoms with Crippen LogP contribution in [0.25, 0.3) is 0 Å². The summed E-state index contributed by atoms with van der Waals surface area (Å²) in [5.74, 6) is -0.0736. The van der Waals surface area contributed by atoms with Crippen molar-refractivity contribution in [2.75, 3.05) is 6.61 Å². The molecule has 0 saturated heterocycles. The van der Waals surface area contributed by atoms with E-state index in [1.807, 2.05) is 6.08 Å². The quantitative estimate of drug-likeness (QED) is 0.0421. The average molecular weight is 897 g/mol. The smallest absolute Gasteiger partial charge is 0.220 e. The van der Waals surface area contributed by atoms with Crippen molar-refractivity contribution in [1.82, 2.24) is 5.32 Å². The molecule has 0 aliphatic heterocycles. The van der Waals surface area contributed by atoms with Crippen LogP contribution in [0.1, 0.15) is 309 Å². The van der Waals surface area contributed by atoms with Gasteiger partial charge in [-0.05, 0) is 70.6 Å². The molecule has 4 nitrogen and oxygen atoms in total. The van der Waals surface area contributed by atoms with Crippen molar-refractivity contribution in [1.29, 1.82) is 0 Å². The van der Waals surface area contributed by atoms with E-state index >= 15 is 0 Å². The normalized spacial score (nSPS) is 13.1. The van der Waals surface area contributed by atoms with E-state index in [-0.39, 0.29) is 12.5 Å². The number of allylic oxidation sites excluding steroid dienone is 7. The van der Waals surface area contributed by atoms with Crippen LogP contribution in [-0.2, 0) is 4.79 Å². The van der Waals surface area contributed by atoms with Crippen LogP contribution in [0.15, 0.2) is 48.6 Å². The molecule has 0 spiro atoms. The Labute approximate surface area is 401 Å². The van der Waals surface area contributed by atoms with Crippen LogP contribution in [0.2, 0.25) is 0 Å². The molecule has 2 atom stereocenters. The third-order valence-electron chi connectivity index (χ3n) is 13.3. The third-order valence-corrected chi connectivity index (χ3v) is 13.3. The highest BCUT2D eigenvalue weighted by atomic mass is 16.3.